The maximum absolute atomic E-state index is 5.90. The maximum atomic E-state index is 5.90. The fourth-order valence-corrected chi connectivity index (χ4v) is 4.02. The Morgan fingerprint density at radius 3 is 2.67 bits per heavy atom. The van der Waals surface area contributed by atoms with Crippen molar-refractivity contribution in [3.05, 3.63) is 39.9 Å². The normalized spacial score (nSPS) is 14.9. The van der Waals surface area contributed by atoms with Crippen LogP contribution < -0.4 is 0 Å². The van der Waals surface area contributed by atoms with E-state index in [0.717, 1.165) is 38.6 Å². The zero-order valence-electron chi connectivity index (χ0n) is 9.81. The number of aliphatic imine (C=N–C) groups is 1. The molecular weight excluding hydrogens is 284 g/mol. The van der Waals surface area contributed by atoms with Crippen molar-refractivity contribution in [2.45, 2.75) is 6.92 Å². The van der Waals surface area contributed by atoms with Crippen molar-refractivity contribution in [1.82, 2.24) is 4.98 Å². The lowest BCUT2D eigenvalue weighted by Crippen LogP contribution is -1.90. The molecule has 0 atom stereocenters. The van der Waals surface area contributed by atoms with E-state index in [0.29, 0.717) is 0 Å². The average molecular weight is 295 g/mol. The van der Waals surface area contributed by atoms with Gasteiger partial charge in [-0.15, -0.1) is 23.1 Å². The number of thiazole rings is 1. The first kappa shape index (κ1) is 12.2. The third-order valence-electron chi connectivity index (χ3n) is 2.67. The minimum absolute atomic E-state index is 0.753. The van der Waals surface area contributed by atoms with E-state index in [1.807, 2.05) is 43.0 Å². The van der Waals surface area contributed by atoms with Crippen LogP contribution in [0.1, 0.15) is 10.6 Å². The van der Waals surface area contributed by atoms with Gasteiger partial charge in [0.25, 0.3) is 0 Å². The summed E-state index contributed by atoms with van der Waals surface area (Å²) in [6, 6.07) is 7.81. The Kier molecular flexibility index (Phi) is 3.41. The predicted octanol–water partition coefficient (Wildman–Crippen LogP) is 4.27. The van der Waals surface area contributed by atoms with E-state index in [2.05, 4.69) is 9.98 Å². The minimum Gasteiger partial charge on any atom is -0.276 e. The van der Waals surface area contributed by atoms with Crippen LogP contribution in [0.5, 0.6) is 0 Å². The fourth-order valence-electron chi connectivity index (χ4n) is 1.78. The van der Waals surface area contributed by atoms with E-state index < -0.39 is 0 Å². The van der Waals surface area contributed by atoms with Gasteiger partial charge in [0, 0.05) is 22.9 Å². The Morgan fingerprint density at radius 2 is 2.00 bits per heavy atom. The summed E-state index contributed by atoms with van der Waals surface area (Å²) < 4.78 is 0. The maximum Gasteiger partial charge on any atom is 0.124 e. The van der Waals surface area contributed by atoms with Crippen molar-refractivity contribution < 1.29 is 0 Å². The van der Waals surface area contributed by atoms with E-state index in [9.17, 15) is 0 Å². The quantitative estimate of drug-likeness (QED) is 0.826. The van der Waals surface area contributed by atoms with Crippen LogP contribution in [0, 0.1) is 6.92 Å². The summed E-state index contributed by atoms with van der Waals surface area (Å²) in [5, 5.41) is 2.93. The molecular formula is C13H11ClN2S2. The van der Waals surface area contributed by atoms with E-state index >= 15 is 0 Å². The number of benzene rings is 1. The lowest BCUT2D eigenvalue weighted by atomic mass is 10.2. The predicted molar refractivity (Wildman–Crippen MR) is 81.2 cm³/mol. The number of hydrogen-bond acceptors (Lipinski definition) is 4. The molecule has 5 heteroatoms. The molecule has 1 aromatic carbocycles. The second-order valence-electron chi connectivity index (χ2n) is 3.98. The van der Waals surface area contributed by atoms with Gasteiger partial charge in [-0.1, -0.05) is 23.7 Å². The molecule has 1 aliphatic rings. The monoisotopic (exact) mass is 294 g/mol. The number of halogens is 1. The first-order valence-corrected chi connectivity index (χ1v) is 7.83. The third kappa shape index (κ3) is 2.32. The summed E-state index contributed by atoms with van der Waals surface area (Å²) in [6.07, 6.45) is 0. The van der Waals surface area contributed by atoms with Gasteiger partial charge in [0.15, 0.2) is 0 Å². The van der Waals surface area contributed by atoms with Crippen molar-refractivity contribution in [1.29, 1.82) is 0 Å². The molecule has 0 bridgehead atoms. The minimum atomic E-state index is 0.753. The molecule has 0 fully saturated rings. The van der Waals surface area contributed by atoms with Crippen LogP contribution in [0.3, 0.4) is 0 Å². The first-order chi connectivity index (χ1) is 8.74. The van der Waals surface area contributed by atoms with Crippen molar-refractivity contribution in [3.8, 4) is 10.6 Å². The number of aromatic nitrogens is 1. The van der Waals surface area contributed by atoms with Gasteiger partial charge in [-0.2, -0.15) is 0 Å². The van der Waals surface area contributed by atoms with Crippen molar-refractivity contribution >= 4 is 39.7 Å². The molecule has 18 heavy (non-hydrogen) atoms. The molecule has 1 aliphatic heterocycles. The lowest BCUT2D eigenvalue weighted by Gasteiger charge is -1.95. The van der Waals surface area contributed by atoms with Gasteiger partial charge in [-0.05, 0) is 19.1 Å². The molecule has 3 rings (SSSR count). The Bertz CT molecular complexity index is 602. The van der Waals surface area contributed by atoms with Crippen LogP contribution in [-0.4, -0.2) is 22.3 Å². The third-order valence-corrected chi connectivity index (χ3v) is 5.26. The Morgan fingerprint density at radius 1 is 1.22 bits per heavy atom. The average Bonchev–Trinajstić information content (AvgIpc) is 2.99. The lowest BCUT2D eigenvalue weighted by molar-refractivity contribution is 1.17. The van der Waals surface area contributed by atoms with Crippen LogP contribution in [0.2, 0.25) is 5.02 Å². The van der Waals surface area contributed by atoms with E-state index in [1.54, 1.807) is 11.3 Å². The Balaban J connectivity index is 1.99. The molecule has 0 saturated heterocycles. The highest BCUT2D eigenvalue weighted by atomic mass is 35.5. The van der Waals surface area contributed by atoms with Crippen molar-refractivity contribution in [2.24, 2.45) is 4.99 Å². The number of thioether (sulfide) groups is 1. The van der Waals surface area contributed by atoms with E-state index in [1.165, 1.54) is 4.88 Å². The smallest absolute Gasteiger partial charge is 0.124 e. The van der Waals surface area contributed by atoms with Gasteiger partial charge >= 0.3 is 0 Å². The number of rotatable bonds is 2. The van der Waals surface area contributed by atoms with Gasteiger partial charge in [0.1, 0.15) is 10.1 Å². The van der Waals surface area contributed by atoms with Crippen LogP contribution in [0.15, 0.2) is 29.3 Å². The summed E-state index contributed by atoms with van der Waals surface area (Å²) in [7, 11) is 0. The van der Waals surface area contributed by atoms with Crippen LogP contribution >= 0.6 is 34.7 Å². The SMILES string of the molecule is Cc1nc(-c2ccc(Cl)cc2)sc1C1=NCCS1. The van der Waals surface area contributed by atoms with Crippen LogP contribution in [-0.2, 0) is 0 Å². The zero-order chi connectivity index (χ0) is 12.5. The van der Waals surface area contributed by atoms with E-state index in [-0.39, 0.29) is 0 Å². The molecule has 0 radical (unpaired) electrons. The first-order valence-electron chi connectivity index (χ1n) is 5.65. The van der Waals surface area contributed by atoms with E-state index in [4.69, 9.17) is 11.6 Å². The topological polar surface area (TPSA) is 25.2 Å². The molecule has 2 aromatic rings. The molecule has 0 unspecified atom stereocenters. The molecule has 0 saturated carbocycles. The second-order valence-corrected chi connectivity index (χ2v) is 6.49. The summed E-state index contributed by atoms with van der Waals surface area (Å²) in [5.74, 6) is 1.09. The summed E-state index contributed by atoms with van der Waals surface area (Å²) >= 11 is 9.43. The molecule has 2 nitrogen and oxygen atoms in total. The van der Waals surface area contributed by atoms with Gasteiger partial charge < -0.3 is 0 Å². The van der Waals surface area contributed by atoms with Crippen LogP contribution in [0.25, 0.3) is 10.6 Å². The second kappa shape index (κ2) is 5.03. The molecule has 1 aromatic heterocycles. The highest BCUT2D eigenvalue weighted by molar-refractivity contribution is 8.15. The molecule has 0 aliphatic carbocycles. The van der Waals surface area contributed by atoms with Gasteiger partial charge in [-0.25, -0.2) is 4.98 Å². The van der Waals surface area contributed by atoms with Crippen LogP contribution in [0.4, 0.5) is 0 Å². The Hall–Kier alpha value is -0.840. The number of aryl methyl sites for hydroxylation is 1. The zero-order valence-corrected chi connectivity index (χ0v) is 12.2. The molecule has 92 valence electrons. The molecule has 0 spiro atoms. The molecule has 2 heterocycles. The summed E-state index contributed by atoms with van der Waals surface area (Å²) in [6.45, 7) is 2.97. The Labute approximate surface area is 119 Å². The highest BCUT2D eigenvalue weighted by Crippen LogP contribution is 2.32. The standard InChI is InChI=1S/C13H11ClN2S2/c1-8-11(13-15-6-7-17-13)18-12(16-8)9-2-4-10(14)5-3-9/h2-5H,6-7H2,1H3. The highest BCUT2D eigenvalue weighted by Gasteiger charge is 2.17. The number of nitrogens with zero attached hydrogens (tertiary/aromatic N) is 2. The van der Waals surface area contributed by atoms with Crippen molar-refractivity contribution in [2.75, 3.05) is 12.3 Å². The largest absolute Gasteiger partial charge is 0.276 e. The van der Waals surface area contributed by atoms with Crippen molar-refractivity contribution in [3.63, 3.8) is 0 Å². The molecule has 0 N–H and O–H groups in total. The van der Waals surface area contributed by atoms with Gasteiger partial charge in [0.05, 0.1) is 10.6 Å². The van der Waals surface area contributed by atoms with Gasteiger partial charge in [0.2, 0.25) is 0 Å². The summed E-state index contributed by atoms with van der Waals surface area (Å²) in [5.41, 5.74) is 2.18. The van der Waals surface area contributed by atoms with Gasteiger partial charge in [-0.3, -0.25) is 4.99 Å². The number of hydrogen-bond donors (Lipinski definition) is 0. The molecule has 0 amide bonds. The fraction of sp³-hybridized carbons (Fsp3) is 0.231. The summed E-state index contributed by atoms with van der Waals surface area (Å²) in [4.78, 5) is 10.4.